The third-order valence-electron chi connectivity index (χ3n) is 3.58. The van der Waals surface area contributed by atoms with E-state index in [4.69, 9.17) is 0 Å². The molecule has 74 valence electrons. The topological polar surface area (TPSA) is 32.3 Å². The van der Waals surface area contributed by atoms with Crippen LogP contribution >= 0.6 is 0 Å². The minimum atomic E-state index is 0.183. The second kappa shape index (κ2) is 2.98. The maximum absolute atomic E-state index is 11.2. The fourth-order valence-electron chi connectivity index (χ4n) is 2.82. The molecule has 2 aliphatic rings. The molecule has 0 bridgehead atoms. The Balaban J connectivity index is 2.10. The Morgan fingerprint density at radius 2 is 2.38 bits per heavy atom. The molecule has 13 heavy (non-hydrogen) atoms. The maximum atomic E-state index is 11.2. The van der Waals surface area contributed by atoms with E-state index in [0.29, 0.717) is 12.5 Å². The van der Waals surface area contributed by atoms with Gasteiger partial charge in [0.25, 0.3) is 0 Å². The van der Waals surface area contributed by atoms with Gasteiger partial charge in [0.1, 0.15) is 0 Å². The van der Waals surface area contributed by atoms with Crippen molar-refractivity contribution >= 4 is 5.91 Å². The molecule has 0 aromatic heterocycles. The molecule has 3 nitrogen and oxygen atoms in total. The smallest absolute Gasteiger partial charge is 0.220 e. The second-order valence-electron chi connectivity index (χ2n) is 4.75. The second-order valence-corrected chi connectivity index (χ2v) is 4.75. The predicted molar refractivity (Wildman–Crippen MR) is 51.4 cm³/mol. The lowest BCUT2D eigenvalue weighted by Gasteiger charge is -2.34. The van der Waals surface area contributed by atoms with Gasteiger partial charge in [0.15, 0.2) is 0 Å². The van der Waals surface area contributed by atoms with Crippen LogP contribution in [0.3, 0.4) is 0 Å². The van der Waals surface area contributed by atoms with Crippen molar-refractivity contribution in [3.8, 4) is 0 Å². The van der Waals surface area contributed by atoms with Gasteiger partial charge >= 0.3 is 0 Å². The molecule has 2 rings (SSSR count). The average Bonchev–Trinajstić information content (AvgIpc) is 2.59. The number of hydrogen-bond donors (Lipinski definition) is 1. The van der Waals surface area contributed by atoms with Crippen LogP contribution in [0.4, 0.5) is 0 Å². The molecule has 0 aliphatic carbocycles. The Kier molecular flexibility index (Phi) is 2.06. The van der Waals surface area contributed by atoms with Crippen LogP contribution in [0.5, 0.6) is 0 Å². The van der Waals surface area contributed by atoms with Crippen molar-refractivity contribution in [1.29, 1.82) is 0 Å². The van der Waals surface area contributed by atoms with E-state index in [-0.39, 0.29) is 11.3 Å². The maximum Gasteiger partial charge on any atom is 0.220 e. The lowest BCUT2D eigenvalue weighted by molar-refractivity contribution is -0.119. The molecule has 2 heterocycles. The summed E-state index contributed by atoms with van der Waals surface area (Å²) in [6.45, 7) is 4.28. The van der Waals surface area contributed by atoms with Gasteiger partial charge in [-0.15, -0.1) is 0 Å². The number of amides is 1. The first-order valence-electron chi connectivity index (χ1n) is 5.09. The third kappa shape index (κ3) is 1.46. The van der Waals surface area contributed by atoms with Gasteiger partial charge in [-0.05, 0) is 26.4 Å². The van der Waals surface area contributed by atoms with Gasteiger partial charge in [-0.3, -0.25) is 4.79 Å². The number of rotatable bonds is 1. The summed E-state index contributed by atoms with van der Waals surface area (Å²) >= 11 is 0. The van der Waals surface area contributed by atoms with Crippen LogP contribution in [0.25, 0.3) is 0 Å². The quantitative estimate of drug-likeness (QED) is 0.644. The minimum absolute atomic E-state index is 0.183. The molecular weight excluding hydrogens is 164 g/mol. The third-order valence-corrected chi connectivity index (χ3v) is 3.58. The monoisotopic (exact) mass is 182 g/mol. The van der Waals surface area contributed by atoms with E-state index in [1.165, 1.54) is 19.4 Å². The largest absolute Gasteiger partial charge is 0.355 e. The summed E-state index contributed by atoms with van der Waals surface area (Å²) in [5.41, 5.74) is 0.183. The van der Waals surface area contributed by atoms with Crippen molar-refractivity contribution in [2.75, 3.05) is 20.1 Å². The van der Waals surface area contributed by atoms with Crippen LogP contribution in [0.1, 0.15) is 26.2 Å². The molecule has 2 fully saturated rings. The Labute approximate surface area is 79.5 Å². The standard InChI is InChI=1S/C10H18N2O/c1-10(6-9(13)11-7-10)8-4-3-5-12(8)2/h8H,3-7H2,1-2H3,(H,11,13). The van der Waals surface area contributed by atoms with Gasteiger partial charge in [0.2, 0.25) is 5.91 Å². The highest BCUT2D eigenvalue weighted by Crippen LogP contribution is 2.37. The molecule has 2 saturated heterocycles. The summed E-state index contributed by atoms with van der Waals surface area (Å²) in [4.78, 5) is 13.6. The van der Waals surface area contributed by atoms with E-state index in [1.54, 1.807) is 0 Å². The van der Waals surface area contributed by atoms with Gasteiger partial charge in [-0.2, -0.15) is 0 Å². The molecule has 3 heteroatoms. The van der Waals surface area contributed by atoms with Gasteiger partial charge in [-0.25, -0.2) is 0 Å². The van der Waals surface area contributed by atoms with Crippen molar-refractivity contribution in [3.63, 3.8) is 0 Å². The first-order chi connectivity index (χ1) is 6.12. The number of nitrogens with zero attached hydrogens (tertiary/aromatic N) is 1. The van der Waals surface area contributed by atoms with Gasteiger partial charge < -0.3 is 10.2 Å². The SMILES string of the molecule is CN1CCCC1C1(C)CNC(=O)C1. The van der Waals surface area contributed by atoms with Crippen molar-refractivity contribution in [3.05, 3.63) is 0 Å². The summed E-state index contributed by atoms with van der Waals surface area (Å²) in [7, 11) is 2.17. The van der Waals surface area contributed by atoms with E-state index >= 15 is 0 Å². The molecule has 2 aliphatic heterocycles. The fraction of sp³-hybridized carbons (Fsp3) is 0.900. The van der Waals surface area contributed by atoms with Crippen LogP contribution in [-0.2, 0) is 4.79 Å². The summed E-state index contributed by atoms with van der Waals surface area (Å²) in [6, 6.07) is 0.603. The average molecular weight is 182 g/mol. The van der Waals surface area contributed by atoms with Crippen molar-refractivity contribution < 1.29 is 4.79 Å². The number of likely N-dealkylation sites (tertiary alicyclic amines) is 1. The highest BCUT2D eigenvalue weighted by Gasteiger charge is 2.43. The molecular formula is C10H18N2O. The summed E-state index contributed by atoms with van der Waals surface area (Å²) in [5.74, 6) is 0.225. The zero-order chi connectivity index (χ0) is 9.47. The van der Waals surface area contributed by atoms with Crippen molar-refractivity contribution in [1.82, 2.24) is 10.2 Å². The molecule has 1 N–H and O–H groups in total. The lowest BCUT2D eigenvalue weighted by atomic mass is 9.80. The lowest BCUT2D eigenvalue weighted by Crippen LogP contribution is -2.41. The number of hydrogen-bond acceptors (Lipinski definition) is 2. The number of carbonyl (C=O) groups excluding carboxylic acids is 1. The van der Waals surface area contributed by atoms with Crippen molar-refractivity contribution in [2.24, 2.45) is 5.41 Å². The molecule has 0 aromatic rings. The van der Waals surface area contributed by atoms with Gasteiger partial charge in [0.05, 0.1) is 0 Å². The highest BCUT2D eigenvalue weighted by atomic mass is 16.1. The van der Waals surface area contributed by atoms with E-state index < -0.39 is 0 Å². The molecule has 0 aromatic carbocycles. The van der Waals surface area contributed by atoms with E-state index in [0.717, 1.165) is 6.54 Å². The summed E-state index contributed by atoms with van der Waals surface area (Å²) < 4.78 is 0. The molecule has 2 atom stereocenters. The molecule has 2 unspecified atom stereocenters. The normalized spacial score (nSPS) is 41.1. The van der Waals surface area contributed by atoms with Crippen LogP contribution < -0.4 is 5.32 Å². The molecule has 1 amide bonds. The van der Waals surface area contributed by atoms with Crippen LogP contribution in [0.15, 0.2) is 0 Å². The molecule has 0 radical (unpaired) electrons. The van der Waals surface area contributed by atoms with Crippen LogP contribution in [-0.4, -0.2) is 37.0 Å². The van der Waals surface area contributed by atoms with Crippen LogP contribution in [0, 0.1) is 5.41 Å². The highest BCUT2D eigenvalue weighted by molar-refractivity contribution is 5.79. The Morgan fingerprint density at radius 1 is 1.62 bits per heavy atom. The fourth-order valence-corrected chi connectivity index (χ4v) is 2.82. The predicted octanol–water partition coefficient (Wildman–Crippen LogP) is 0.607. The Bertz CT molecular complexity index is 229. The van der Waals surface area contributed by atoms with Crippen LogP contribution in [0.2, 0.25) is 0 Å². The zero-order valence-corrected chi connectivity index (χ0v) is 8.47. The number of nitrogens with one attached hydrogen (secondary N) is 1. The minimum Gasteiger partial charge on any atom is -0.355 e. The Morgan fingerprint density at radius 3 is 2.85 bits per heavy atom. The van der Waals surface area contributed by atoms with Gasteiger partial charge in [-0.1, -0.05) is 6.92 Å². The van der Waals surface area contributed by atoms with E-state index in [2.05, 4.69) is 24.2 Å². The molecule has 0 spiro atoms. The molecule has 0 saturated carbocycles. The van der Waals surface area contributed by atoms with Gasteiger partial charge in [0, 0.05) is 24.4 Å². The van der Waals surface area contributed by atoms with E-state index in [9.17, 15) is 4.79 Å². The summed E-state index contributed by atoms with van der Waals surface area (Å²) in [5, 5.41) is 2.94. The first kappa shape index (κ1) is 9.00. The zero-order valence-electron chi connectivity index (χ0n) is 8.47. The summed E-state index contributed by atoms with van der Waals surface area (Å²) in [6.07, 6.45) is 3.24. The number of carbonyl (C=O) groups is 1. The Hall–Kier alpha value is -0.570. The van der Waals surface area contributed by atoms with E-state index in [1.807, 2.05) is 0 Å². The van der Waals surface area contributed by atoms with Crippen molar-refractivity contribution in [2.45, 2.75) is 32.2 Å². The first-order valence-corrected chi connectivity index (χ1v) is 5.09.